The molecule has 6 aliphatic rings. The average molecular weight is 1040 g/mol. The fourth-order valence-electron chi connectivity index (χ4n) is 11.3. The number of Topliss-reactive ketones (excluding diaryl/α,β-unsaturated/α-hetero) is 1. The number of aliphatic hydroxyl groups is 1. The van der Waals surface area contributed by atoms with E-state index < -0.39 is 24.6 Å². The number of thiazole rings is 1. The van der Waals surface area contributed by atoms with Gasteiger partial charge in [0.15, 0.2) is 5.82 Å². The summed E-state index contributed by atoms with van der Waals surface area (Å²) < 4.78 is 101. The van der Waals surface area contributed by atoms with Crippen LogP contribution in [0.5, 0.6) is 11.5 Å². The van der Waals surface area contributed by atoms with Gasteiger partial charge in [0.25, 0.3) is 0 Å². The van der Waals surface area contributed by atoms with E-state index in [0.717, 1.165) is 86.9 Å². The molecule has 3 aromatic heterocycles. The van der Waals surface area contributed by atoms with E-state index in [4.69, 9.17) is 23.3 Å². The number of aromatic nitrogens is 3. The van der Waals surface area contributed by atoms with Crippen molar-refractivity contribution >= 4 is 43.3 Å². The van der Waals surface area contributed by atoms with Crippen LogP contribution in [0.15, 0.2) is 74.2 Å². The van der Waals surface area contributed by atoms with E-state index in [1.807, 2.05) is 6.07 Å². The molecule has 1 N–H and O–H groups in total. The third kappa shape index (κ3) is 9.36. The van der Waals surface area contributed by atoms with Crippen molar-refractivity contribution in [2.45, 2.75) is 133 Å². The minimum Gasteiger partial charge on any atom is -0.434 e. The predicted molar refractivity (Wildman–Crippen MR) is 245 cm³/mol. The first-order chi connectivity index (χ1) is 33.4. The molecule has 11 nitrogen and oxygen atoms in total. The number of nitrogens with zero attached hydrogens (tertiary/aromatic N) is 3. The van der Waals surface area contributed by atoms with Crippen LogP contribution in [0.3, 0.4) is 0 Å². The van der Waals surface area contributed by atoms with E-state index in [2.05, 4.69) is 36.0 Å². The zero-order valence-electron chi connectivity index (χ0n) is 37.3. The van der Waals surface area contributed by atoms with Crippen molar-refractivity contribution in [1.29, 1.82) is 0 Å². The predicted octanol–water partition coefficient (Wildman–Crippen LogP) is 13.0. The number of carbonyl (C=O) groups is 1. The molecule has 0 aliphatic heterocycles. The van der Waals surface area contributed by atoms with Gasteiger partial charge in [-0.15, -0.1) is 11.3 Å². The van der Waals surface area contributed by atoms with Gasteiger partial charge in [-0.25, -0.2) is 9.37 Å². The summed E-state index contributed by atoms with van der Waals surface area (Å²) in [6.07, 6.45) is 10.4. The maximum atomic E-state index is 14.6. The van der Waals surface area contributed by atoms with Gasteiger partial charge in [0, 0.05) is 50.4 Å². The molecule has 6 saturated carbocycles. The molecule has 0 amide bonds. The molecule has 364 valence electrons. The smallest absolute Gasteiger partial charge is 0.387 e. The van der Waals surface area contributed by atoms with Crippen molar-refractivity contribution in [3.05, 3.63) is 98.6 Å². The number of para-hydroxylation sites is 2. The average Bonchev–Trinajstić information content (AvgIpc) is 4.20. The van der Waals surface area contributed by atoms with Gasteiger partial charge < -0.3 is 33.1 Å². The highest BCUT2D eigenvalue weighted by Crippen LogP contribution is 2.57. The number of rotatable bonds is 15. The Kier molecular flexibility index (Phi) is 12.9. The van der Waals surface area contributed by atoms with Crippen molar-refractivity contribution in [2.24, 2.45) is 23.7 Å². The SMILES string of the molecule is O=C1[C@@H]2CC[C@H]1CC(OCc1c(-c3ccccc3OC(F)F)noc1C1CC1)C2.OC1(c2nc3c(F)cc(Br)cc3s2)[C@@H]2CC[C@H]1CC(OCc1c(-c3ccccc3OC(F)F)noc1C1CC1)C2. The first kappa shape index (κ1) is 46.6. The summed E-state index contributed by atoms with van der Waals surface area (Å²) in [4.78, 5) is 16.7. The van der Waals surface area contributed by atoms with E-state index in [1.54, 1.807) is 36.4 Å². The Balaban J connectivity index is 0.000000159. The van der Waals surface area contributed by atoms with E-state index in [1.165, 1.54) is 29.5 Å². The molecule has 3 aromatic carbocycles. The van der Waals surface area contributed by atoms with Crippen molar-refractivity contribution in [3.63, 3.8) is 0 Å². The quantitative estimate of drug-likeness (QED) is 0.0983. The van der Waals surface area contributed by atoms with Crippen LogP contribution in [0.2, 0.25) is 0 Å². The molecular weight excluding hydrogens is 990 g/mol. The van der Waals surface area contributed by atoms with E-state index >= 15 is 0 Å². The maximum Gasteiger partial charge on any atom is 0.387 e. The van der Waals surface area contributed by atoms with Gasteiger partial charge in [-0.1, -0.05) is 50.5 Å². The van der Waals surface area contributed by atoms with Crippen LogP contribution < -0.4 is 9.47 Å². The Hall–Kier alpha value is -4.75. The molecule has 4 bridgehead atoms. The van der Waals surface area contributed by atoms with Crippen LogP contribution in [0, 0.1) is 29.5 Å². The molecule has 12 rings (SSSR count). The Morgan fingerprint density at radius 2 is 1.17 bits per heavy atom. The Morgan fingerprint density at radius 1 is 0.696 bits per heavy atom. The summed E-state index contributed by atoms with van der Waals surface area (Å²) in [5, 5.41) is 21.0. The summed E-state index contributed by atoms with van der Waals surface area (Å²) in [5.41, 5.74) is 2.60. The molecule has 7 atom stereocenters. The number of halogens is 6. The van der Waals surface area contributed by atoms with Gasteiger partial charge in [0.1, 0.15) is 56.3 Å². The van der Waals surface area contributed by atoms with Crippen molar-refractivity contribution in [3.8, 4) is 34.0 Å². The third-order valence-electron chi connectivity index (χ3n) is 14.9. The van der Waals surface area contributed by atoms with Gasteiger partial charge in [-0.3, -0.25) is 4.79 Å². The Morgan fingerprint density at radius 3 is 1.67 bits per heavy atom. The topological polar surface area (TPSA) is 139 Å². The monoisotopic (exact) mass is 1040 g/mol. The normalized spacial score (nSPS) is 26.2. The van der Waals surface area contributed by atoms with E-state index in [9.17, 15) is 31.9 Å². The van der Waals surface area contributed by atoms with Crippen LogP contribution in [0.25, 0.3) is 32.7 Å². The molecule has 3 heterocycles. The van der Waals surface area contributed by atoms with Gasteiger partial charge in [0.2, 0.25) is 0 Å². The number of benzene rings is 3. The molecule has 6 aromatic rings. The highest BCUT2D eigenvalue weighted by molar-refractivity contribution is 9.10. The van der Waals surface area contributed by atoms with Gasteiger partial charge in [-0.2, -0.15) is 17.6 Å². The lowest BCUT2D eigenvalue weighted by molar-refractivity contribution is -0.130. The highest BCUT2D eigenvalue weighted by Gasteiger charge is 2.56. The molecule has 18 heteroatoms. The maximum absolute atomic E-state index is 14.6. The lowest BCUT2D eigenvalue weighted by Crippen LogP contribution is -2.44. The summed E-state index contributed by atoms with van der Waals surface area (Å²) in [6, 6.07) is 16.4. The first-order valence-electron chi connectivity index (χ1n) is 23.7. The second-order valence-electron chi connectivity index (χ2n) is 19.3. The number of carbonyl (C=O) groups excluding carboxylic acids is 1. The molecule has 6 aliphatic carbocycles. The molecule has 0 radical (unpaired) electrons. The van der Waals surface area contributed by atoms with Crippen molar-refractivity contribution in [2.75, 3.05) is 0 Å². The molecule has 0 spiro atoms. The number of hydrogen-bond donors (Lipinski definition) is 1. The Bertz CT molecular complexity index is 2820. The standard InChI is InChI=1S/C29H26BrF3N2O4S.C22H23F2NO4/c30-17-11-21(31)25-23(12-17)40-27(34-25)29(36)15-7-8-16(29)10-18(9-15)37-13-20-24(35-39-26(20)14-5-6-14)19-3-1-2-4-22(19)38-28(32)33;23-22(24)28-18-4-2-1-3-16(18)19-17(21(29-25-19)12-5-6-12)11-27-15-9-13-7-8-14(10-15)20(13)26/h1-4,11-12,14-16,18,28,36H,5-10,13H2;1-4,12-15,22H,5-11H2/t15-,16+,18?,29?;13-,14+,15?. The van der Waals surface area contributed by atoms with Crippen LogP contribution in [-0.4, -0.2) is 51.6 Å². The zero-order valence-corrected chi connectivity index (χ0v) is 39.7. The van der Waals surface area contributed by atoms with Gasteiger partial charge in [-0.05, 0) is 125 Å². The summed E-state index contributed by atoms with van der Waals surface area (Å²) >= 11 is 4.69. The van der Waals surface area contributed by atoms with Crippen molar-refractivity contribution in [1.82, 2.24) is 15.3 Å². The zero-order chi connectivity index (χ0) is 47.6. The number of alkyl halides is 4. The summed E-state index contributed by atoms with van der Waals surface area (Å²) in [6.45, 7) is -5.36. The second-order valence-corrected chi connectivity index (χ2v) is 21.2. The number of ether oxygens (including phenoxy) is 4. The summed E-state index contributed by atoms with van der Waals surface area (Å²) in [7, 11) is 0. The number of fused-ring (bicyclic) bond motifs is 5. The van der Waals surface area contributed by atoms with E-state index in [0.29, 0.717) is 67.8 Å². The largest absolute Gasteiger partial charge is 0.434 e. The second kappa shape index (κ2) is 19.1. The van der Waals surface area contributed by atoms with Gasteiger partial charge in [0.05, 0.1) is 30.1 Å². The molecule has 69 heavy (non-hydrogen) atoms. The van der Waals surface area contributed by atoms with Crippen LogP contribution >= 0.6 is 27.3 Å². The molecular formula is C51H49BrF5N3O8S. The first-order valence-corrected chi connectivity index (χ1v) is 25.3. The third-order valence-corrected chi connectivity index (χ3v) is 16.5. The summed E-state index contributed by atoms with van der Waals surface area (Å²) in [5.74, 6) is 2.30. The fraction of sp³-hybridized carbons (Fsp3) is 0.490. The lowest BCUT2D eigenvalue weighted by Gasteiger charge is -2.41. The molecule has 3 unspecified atom stereocenters. The van der Waals surface area contributed by atoms with Crippen molar-refractivity contribution < 1.29 is 59.8 Å². The lowest BCUT2D eigenvalue weighted by atomic mass is 9.73. The van der Waals surface area contributed by atoms with Crippen LogP contribution in [0.1, 0.15) is 117 Å². The number of ketones is 1. The highest BCUT2D eigenvalue weighted by atomic mass is 79.9. The van der Waals surface area contributed by atoms with Gasteiger partial charge >= 0.3 is 13.2 Å². The fourth-order valence-corrected chi connectivity index (χ4v) is 13.1. The minimum absolute atomic E-state index is 0.0348. The molecule has 6 fully saturated rings. The van der Waals surface area contributed by atoms with Crippen LogP contribution in [0.4, 0.5) is 22.0 Å². The Labute approximate surface area is 406 Å². The number of hydrogen-bond acceptors (Lipinski definition) is 12. The minimum atomic E-state index is -2.96. The van der Waals surface area contributed by atoms with E-state index in [-0.39, 0.29) is 65.4 Å². The molecule has 0 saturated heterocycles. The van der Waals surface area contributed by atoms with Crippen LogP contribution in [-0.2, 0) is 33.1 Å².